The lowest BCUT2D eigenvalue weighted by atomic mass is 9.90. The van der Waals surface area contributed by atoms with Crippen molar-refractivity contribution in [2.45, 2.75) is 25.8 Å². The Hall–Kier alpha value is -2.84. The summed E-state index contributed by atoms with van der Waals surface area (Å²) in [7, 11) is 3.31. The summed E-state index contributed by atoms with van der Waals surface area (Å²) in [5, 5.41) is 8.71. The van der Waals surface area contributed by atoms with Crippen molar-refractivity contribution in [3.05, 3.63) is 57.5 Å². The van der Waals surface area contributed by atoms with Crippen LogP contribution in [0.2, 0.25) is 0 Å². The third-order valence-corrected chi connectivity index (χ3v) is 6.23. The summed E-state index contributed by atoms with van der Waals surface area (Å²) in [4.78, 5) is 16.0. The van der Waals surface area contributed by atoms with Gasteiger partial charge in [-0.3, -0.25) is 9.69 Å². The van der Waals surface area contributed by atoms with Gasteiger partial charge in [-0.05, 0) is 48.1 Å². The molecule has 0 saturated heterocycles. The van der Waals surface area contributed by atoms with Gasteiger partial charge >= 0.3 is 0 Å². The predicted molar refractivity (Wildman–Crippen MR) is 115 cm³/mol. The quantitative estimate of drug-likeness (QED) is 0.613. The predicted octanol–water partition coefficient (Wildman–Crippen LogP) is 4.04. The maximum atomic E-state index is 12.4. The smallest absolute Gasteiger partial charge is 0.226 e. The minimum absolute atomic E-state index is 0.0775. The highest BCUT2D eigenvalue weighted by Crippen LogP contribution is 2.42. The molecule has 3 aromatic rings. The van der Waals surface area contributed by atoms with Gasteiger partial charge in [-0.25, -0.2) is 0 Å². The number of amides is 1. The molecule has 0 radical (unpaired) electrons. The Kier molecular flexibility index (Phi) is 6.06. The fraction of sp³-hybridized carbons (Fsp3) is 0.364. The van der Waals surface area contributed by atoms with Crippen LogP contribution in [0.15, 0.2) is 40.2 Å². The van der Waals surface area contributed by atoms with Crippen molar-refractivity contribution in [3.63, 3.8) is 0 Å². The van der Waals surface area contributed by atoms with Crippen molar-refractivity contribution in [3.8, 4) is 11.5 Å². The summed E-state index contributed by atoms with van der Waals surface area (Å²) in [5.41, 5.74) is 2.46. The first-order chi connectivity index (χ1) is 14.6. The highest BCUT2D eigenvalue weighted by Gasteiger charge is 2.31. The number of carbonyl (C=O) groups excluding carboxylic acids is 1. The number of hydrogen-bond donors (Lipinski definition) is 1. The second kappa shape index (κ2) is 8.89. The number of benzene rings is 1. The number of anilines is 1. The van der Waals surface area contributed by atoms with Gasteiger partial charge in [0.2, 0.25) is 5.91 Å². The van der Waals surface area contributed by atoms with Crippen LogP contribution >= 0.6 is 11.3 Å². The van der Waals surface area contributed by atoms with Crippen molar-refractivity contribution in [2.75, 3.05) is 32.6 Å². The molecule has 0 aliphatic carbocycles. The molecule has 3 heterocycles. The maximum absolute atomic E-state index is 12.4. The van der Waals surface area contributed by atoms with Crippen LogP contribution in [0, 0.1) is 6.92 Å². The summed E-state index contributed by atoms with van der Waals surface area (Å²) in [5.74, 6) is 2.51. The minimum Gasteiger partial charge on any atom is -0.493 e. The van der Waals surface area contributed by atoms with E-state index in [-0.39, 0.29) is 11.9 Å². The molecule has 1 aliphatic heterocycles. The number of methoxy groups -OCH3 is 2. The molecular weight excluding hydrogens is 402 g/mol. The van der Waals surface area contributed by atoms with Crippen LogP contribution in [0.1, 0.15) is 34.2 Å². The van der Waals surface area contributed by atoms with Crippen LogP contribution in [0.25, 0.3) is 0 Å². The van der Waals surface area contributed by atoms with Gasteiger partial charge in [0, 0.05) is 30.5 Å². The van der Waals surface area contributed by atoms with Crippen LogP contribution < -0.4 is 14.8 Å². The first kappa shape index (κ1) is 20.4. The zero-order valence-electron chi connectivity index (χ0n) is 17.3. The second-order valence-corrected chi connectivity index (χ2v) is 8.21. The second-order valence-electron chi connectivity index (χ2n) is 7.23. The molecule has 8 heteroatoms. The number of aromatic nitrogens is 1. The molecular formula is C22H25N3O4S. The molecule has 0 saturated carbocycles. The molecule has 158 valence electrons. The van der Waals surface area contributed by atoms with E-state index in [2.05, 4.69) is 45.0 Å². The number of fused-ring (bicyclic) bond motifs is 1. The Balaban J connectivity index is 1.55. The van der Waals surface area contributed by atoms with E-state index in [1.807, 2.05) is 0 Å². The van der Waals surface area contributed by atoms with Gasteiger partial charge in [-0.2, -0.15) is 0 Å². The molecule has 0 spiro atoms. The summed E-state index contributed by atoms with van der Waals surface area (Å²) in [6, 6.07) is 10.1. The van der Waals surface area contributed by atoms with E-state index in [1.54, 1.807) is 38.5 Å². The number of thiophene rings is 1. The Morgan fingerprint density at radius 1 is 1.30 bits per heavy atom. The van der Waals surface area contributed by atoms with Crippen LogP contribution in [-0.2, 0) is 11.2 Å². The normalized spacial score (nSPS) is 16.2. The van der Waals surface area contributed by atoms with Gasteiger partial charge in [0.15, 0.2) is 17.3 Å². The first-order valence-corrected chi connectivity index (χ1v) is 10.7. The maximum Gasteiger partial charge on any atom is 0.226 e. The van der Waals surface area contributed by atoms with Gasteiger partial charge in [0.05, 0.1) is 20.3 Å². The van der Waals surface area contributed by atoms with E-state index in [1.165, 1.54) is 16.0 Å². The average molecular weight is 428 g/mol. The van der Waals surface area contributed by atoms with E-state index in [4.69, 9.17) is 14.0 Å². The molecule has 1 amide bonds. The van der Waals surface area contributed by atoms with Gasteiger partial charge in [-0.1, -0.05) is 11.2 Å². The molecule has 0 fully saturated rings. The zero-order valence-corrected chi connectivity index (χ0v) is 18.1. The van der Waals surface area contributed by atoms with Gasteiger partial charge in [0.25, 0.3) is 0 Å². The number of nitrogens with zero attached hydrogens (tertiary/aromatic N) is 2. The Labute approximate surface area is 179 Å². The molecule has 30 heavy (non-hydrogen) atoms. The molecule has 0 bridgehead atoms. The molecule has 2 aromatic heterocycles. The number of carbonyl (C=O) groups is 1. The molecule has 1 atom stereocenters. The third kappa shape index (κ3) is 4.20. The Bertz CT molecular complexity index is 1020. The lowest BCUT2D eigenvalue weighted by molar-refractivity contribution is -0.116. The highest BCUT2D eigenvalue weighted by molar-refractivity contribution is 7.10. The van der Waals surface area contributed by atoms with Crippen molar-refractivity contribution in [1.29, 1.82) is 0 Å². The van der Waals surface area contributed by atoms with Crippen LogP contribution in [0.4, 0.5) is 5.82 Å². The Morgan fingerprint density at radius 2 is 2.10 bits per heavy atom. The van der Waals surface area contributed by atoms with Crippen LogP contribution in [0.3, 0.4) is 0 Å². The number of ether oxygens (including phenoxy) is 2. The molecule has 7 nitrogen and oxygen atoms in total. The topological polar surface area (TPSA) is 76.8 Å². The van der Waals surface area contributed by atoms with E-state index in [0.29, 0.717) is 24.5 Å². The van der Waals surface area contributed by atoms with Crippen molar-refractivity contribution in [2.24, 2.45) is 0 Å². The number of rotatable bonds is 7. The van der Waals surface area contributed by atoms with Gasteiger partial charge in [0.1, 0.15) is 5.76 Å². The molecule has 1 aromatic carbocycles. The van der Waals surface area contributed by atoms with Crippen molar-refractivity contribution in [1.82, 2.24) is 10.1 Å². The van der Waals surface area contributed by atoms with Gasteiger partial charge < -0.3 is 19.3 Å². The summed E-state index contributed by atoms with van der Waals surface area (Å²) >= 11 is 1.72. The fourth-order valence-corrected chi connectivity index (χ4v) is 4.77. The SMILES string of the molecule is COc1cc2c(cc1OC)C(c1cccs1)N(CCC(=O)Nc1cc(C)on1)CC2. The number of nitrogens with one attached hydrogen (secondary N) is 1. The molecule has 1 aliphatic rings. The zero-order chi connectivity index (χ0) is 21.1. The fourth-order valence-electron chi connectivity index (χ4n) is 3.89. The van der Waals surface area contributed by atoms with Crippen LogP contribution in [-0.4, -0.2) is 43.3 Å². The van der Waals surface area contributed by atoms with E-state index < -0.39 is 0 Å². The van der Waals surface area contributed by atoms with E-state index >= 15 is 0 Å². The monoisotopic (exact) mass is 427 g/mol. The summed E-state index contributed by atoms with van der Waals surface area (Å²) < 4.78 is 16.0. The first-order valence-electron chi connectivity index (χ1n) is 9.84. The minimum atomic E-state index is -0.0775. The highest BCUT2D eigenvalue weighted by atomic mass is 32.1. The van der Waals surface area contributed by atoms with E-state index in [9.17, 15) is 4.79 Å². The molecule has 1 N–H and O–H groups in total. The number of aryl methyl sites for hydroxylation is 1. The standard InChI is InChI=1S/C22H25N3O4S/c1-14-11-20(24-29-14)23-21(26)7-9-25-8-6-15-12-17(27-2)18(28-3)13-16(15)22(25)19-5-4-10-30-19/h4-5,10-13,22H,6-9H2,1-3H3,(H,23,24,26). The van der Waals surface area contributed by atoms with Crippen molar-refractivity contribution < 1.29 is 18.8 Å². The molecule has 4 rings (SSSR count). The Morgan fingerprint density at radius 3 is 2.77 bits per heavy atom. The third-order valence-electron chi connectivity index (χ3n) is 5.31. The summed E-state index contributed by atoms with van der Waals surface area (Å²) in [6.45, 7) is 3.29. The molecule has 1 unspecified atom stereocenters. The van der Waals surface area contributed by atoms with Crippen molar-refractivity contribution >= 4 is 23.1 Å². The van der Waals surface area contributed by atoms with E-state index in [0.717, 1.165) is 24.5 Å². The largest absolute Gasteiger partial charge is 0.493 e. The van der Waals surface area contributed by atoms with Crippen LogP contribution in [0.5, 0.6) is 11.5 Å². The van der Waals surface area contributed by atoms with Gasteiger partial charge in [-0.15, -0.1) is 11.3 Å². The lowest BCUT2D eigenvalue weighted by Crippen LogP contribution is -2.37. The average Bonchev–Trinajstić information content (AvgIpc) is 3.42. The number of hydrogen-bond acceptors (Lipinski definition) is 7. The summed E-state index contributed by atoms with van der Waals surface area (Å²) in [6.07, 6.45) is 1.26. The lowest BCUT2D eigenvalue weighted by Gasteiger charge is -2.37.